The first kappa shape index (κ1) is 23.4. The molecule has 3 aromatic rings. The van der Waals surface area contributed by atoms with Gasteiger partial charge in [-0.3, -0.25) is 9.59 Å². The van der Waals surface area contributed by atoms with Gasteiger partial charge in [0.05, 0.1) is 19.5 Å². The summed E-state index contributed by atoms with van der Waals surface area (Å²) in [6.45, 7) is 0.369. The van der Waals surface area contributed by atoms with Crippen LogP contribution < -0.4 is 9.64 Å². The number of carbonyl (C=O) groups is 2. The minimum atomic E-state index is -0.377. The molecule has 4 nitrogen and oxygen atoms in total. The van der Waals surface area contributed by atoms with Gasteiger partial charge in [-0.15, -0.1) is 0 Å². The first-order valence-electron chi connectivity index (χ1n) is 9.21. The predicted molar refractivity (Wildman–Crippen MR) is 138 cm³/mol. The topological polar surface area (TPSA) is 46.6 Å². The Morgan fingerprint density at radius 1 is 0.906 bits per heavy atom. The van der Waals surface area contributed by atoms with Crippen LogP contribution in [-0.2, 0) is 11.4 Å². The van der Waals surface area contributed by atoms with Gasteiger partial charge in [0, 0.05) is 10.0 Å². The highest BCUT2D eigenvalue weighted by Crippen LogP contribution is 2.39. The van der Waals surface area contributed by atoms with E-state index in [0.29, 0.717) is 41.9 Å². The number of hydrogen-bond acceptors (Lipinski definition) is 4. The van der Waals surface area contributed by atoms with E-state index in [1.54, 1.807) is 30.3 Å². The molecule has 0 atom stereocenters. The van der Waals surface area contributed by atoms with Crippen molar-refractivity contribution in [1.82, 2.24) is 0 Å². The molecule has 4 rings (SSSR count). The van der Waals surface area contributed by atoms with Crippen molar-refractivity contribution in [3.63, 3.8) is 0 Å². The SMILES string of the molecule is O=C1S/C(=C/c2cc(Br)c(OCc3ccc(Cl)cc3)c(Br)c2)C(=O)N1c1ccc(Cl)cc1. The Hall–Kier alpha value is -1.77. The van der Waals surface area contributed by atoms with Gasteiger partial charge in [-0.05, 0) is 109 Å². The maximum absolute atomic E-state index is 12.9. The van der Waals surface area contributed by atoms with Gasteiger partial charge >= 0.3 is 0 Å². The Morgan fingerprint density at radius 2 is 1.47 bits per heavy atom. The quantitative estimate of drug-likeness (QED) is 0.271. The molecule has 0 saturated carbocycles. The number of amides is 2. The Kier molecular flexibility index (Phi) is 7.32. The molecule has 0 spiro atoms. The smallest absolute Gasteiger partial charge is 0.298 e. The Morgan fingerprint density at radius 3 is 2.06 bits per heavy atom. The van der Waals surface area contributed by atoms with E-state index >= 15 is 0 Å². The van der Waals surface area contributed by atoms with Gasteiger partial charge in [0.2, 0.25) is 0 Å². The van der Waals surface area contributed by atoms with Gasteiger partial charge in [-0.2, -0.15) is 0 Å². The highest BCUT2D eigenvalue weighted by atomic mass is 79.9. The number of ether oxygens (including phenoxy) is 1. The lowest BCUT2D eigenvalue weighted by molar-refractivity contribution is -0.113. The van der Waals surface area contributed by atoms with Crippen LogP contribution in [0.2, 0.25) is 10.0 Å². The van der Waals surface area contributed by atoms with Crippen LogP contribution in [0, 0.1) is 0 Å². The number of hydrogen-bond donors (Lipinski definition) is 0. The summed E-state index contributed by atoms with van der Waals surface area (Å²) in [4.78, 5) is 26.8. The number of imide groups is 1. The maximum atomic E-state index is 12.9. The first-order valence-corrected chi connectivity index (χ1v) is 12.4. The molecule has 0 N–H and O–H groups in total. The van der Waals surface area contributed by atoms with Crippen LogP contribution in [0.4, 0.5) is 10.5 Å². The molecule has 0 aromatic heterocycles. The zero-order valence-electron chi connectivity index (χ0n) is 16.2. The molecule has 0 unspecified atom stereocenters. The summed E-state index contributed by atoms with van der Waals surface area (Å²) in [6.07, 6.45) is 1.68. The largest absolute Gasteiger partial charge is 0.487 e. The summed E-state index contributed by atoms with van der Waals surface area (Å²) in [7, 11) is 0. The minimum absolute atomic E-state index is 0.332. The second-order valence-electron chi connectivity index (χ2n) is 6.72. The summed E-state index contributed by atoms with van der Waals surface area (Å²) in [6, 6.07) is 17.6. The van der Waals surface area contributed by atoms with E-state index in [-0.39, 0.29) is 11.1 Å². The van der Waals surface area contributed by atoms with Crippen LogP contribution in [0.1, 0.15) is 11.1 Å². The monoisotopic (exact) mass is 611 g/mol. The van der Waals surface area contributed by atoms with Crippen molar-refractivity contribution in [1.29, 1.82) is 0 Å². The van der Waals surface area contributed by atoms with Crippen LogP contribution in [-0.4, -0.2) is 11.1 Å². The van der Waals surface area contributed by atoms with Crippen LogP contribution in [0.5, 0.6) is 5.75 Å². The molecule has 1 heterocycles. The third kappa shape index (κ3) is 5.24. The van der Waals surface area contributed by atoms with Gasteiger partial charge in [-0.25, -0.2) is 4.90 Å². The normalized spacial score (nSPS) is 15.0. The van der Waals surface area contributed by atoms with Gasteiger partial charge in [0.1, 0.15) is 12.4 Å². The Balaban J connectivity index is 1.54. The summed E-state index contributed by atoms with van der Waals surface area (Å²) in [5.41, 5.74) is 2.20. The summed E-state index contributed by atoms with van der Waals surface area (Å²) in [5.74, 6) is 0.254. The first-order chi connectivity index (χ1) is 15.3. The molecule has 0 radical (unpaired) electrons. The second kappa shape index (κ2) is 10.0. The lowest BCUT2D eigenvalue weighted by Crippen LogP contribution is -2.27. The Labute approximate surface area is 215 Å². The number of thioether (sulfide) groups is 1. The molecule has 1 saturated heterocycles. The fraction of sp³-hybridized carbons (Fsp3) is 0.0435. The predicted octanol–water partition coefficient (Wildman–Crippen LogP) is 8.34. The van der Waals surface area contributed by atoms with E-state index in [1.165, 1.54) is 0 Å². The molecule has 1 aliphatic heterocycles. The van der Waals surface area contributed by atoms with E-state index in [4.69, 9.17) is 27.9 Å². The van der Waals surface area contributed by atoms with E-state index < -0.39 is 0 Å². The molecule has 9 heteroatoms. The highest BCUT2D eigenvalue weighted by molar-refractivity contribution is 9.11. The maximum Gasteiger partial charge on any atom is 0.298 e. The third-order valence-corrected chi connectivity index (χ3v) is 7.04. The van der Waals surface area contributed by atoms with E-state index in [0.717, 1.165) is 27.8 Å². The zero-order valence-corrected chi connectivity index (χ0v) is 21.7. The molecular weight excluding hydrogens is 601 g/mol. The van der Waals surface area contributed by atoms with Gasteiger partial charge in [0.25, 0.3) is 11.1 Å². The van der Waals surface area contributed by atoms with Crippen LogP contribution in [0.15, 0.2) is 74.5 Å². The van der Waals surface area contributed by atoms with Crippen molar-refractivity contribution in [3.05, 3.63) is 95.7 Å². The lowest BCUT2D eigenvalue weighted by Gasteiger charge is -2.12. The fourth-order valence-electron chi connectivity index (χ4n) is 2.97. The van der Waals surface area contributed by atoms with Gasteiger partial charge in [0.15, 0.2) is 0 Å². The second-order valence-corrected chi connectivity index (χ2v) is 10.3. The number of benzene rings is 3. The molecule has 1 fully saturated rings. The van der Waals surface area contributed by atoms with E-state index in [1.807, 2.05) is 36.4 Å². The van der Waals surface area contributed by atoms with Crippen molar-refractivity contribution in [2.75, 3.05) is 4.90 Å². The number of anilines is 1. The number of rotatable bonds is 5. The van der Waals surface area contributed by atoms with E-state index in [9.17, 15) is 9.59 Å². The summed E-state index contributed by atoms with van der Waals surface area (Å²) in [5, 5.41) is 0.842. The molecule has 2 amide bonds. The van der Waals surface area contributed by atoms with Crippen molar-refractivity contribution < 1.29 is 14.3 Å². The molecule has 0 aliphatic carbocycles. The molecule has 32 heavy (non-hydrogen) atoms. The average molecular weight is 614 g/mol. The van der Waals surface area contributed by atoms with Crippen LogP contribution in [0.3, 0.4) is 0 Å². The lowest BCUT2D eigenvalue weighted by atomic mass is 10.2. The summed E-state index contributed by atoms with van der Waals surface area (Å²) >= 11 is 19.8. The minimum Gasteiger partial charge on any atom is -0.487 e. The van der Waals surface area contributed by atoms with Crippen LogP contribution in [0.25, 0.3) is 6.08 Å². The van der Waals surface area contributed by atoms with Crippen molar-refractivity contribution in [2.45, 2.75) is 6.61 Å². The number of carbonyl (C=O) groups excluding carboxylic acids is 2. The standard InChI is InChI=1S/C23H13Br2Cl2NO3S/c24-18-9-14(10-19(25)21(18)31-12-13-1-3-15(26)4-2-13)11-20-22(29)28(23(30)32-20)17-7-5-16(27)6-8-17/h1-11H,12H2/b20-11+. The van der Waals surface area contributed by atoms with E-state index in [2.05, 4.69) is 31.9 Å². The van der Waals surface area contributed by atoms with Crippen molar-refractivity contribution in [2.24, 2.45) is 0 Å². The molecule has 162 valence electrons. The molecule has 3 aromatic carbocycles. The van der Waals surface area contributed by atoms with Gasteiger partial charge < -0.3 is 4.74 Å². The Bertz CT molecular complexity index is 1210. The number of halogens is 4. The average Bonchev–Trinajstić information content (AvgIpc) is 3.02. The third-order valence-electron chi connectivity index (χ3n) is 4.49. The van der Waals surface area contributed by atoms with Crippen molar-refractivity contribution >= 4 is 89.7 Å². The molecular formula is C23H13Br2Cl2NO3S. The molecule has 0 bridgehead atoms. The van der Waals surface area contributed by atoms with Crippen LogP contribution >= 0.6 is 66.8 Å². The van der Waals surface area contributed by atoms with Gasteiger partial charge in [-0.1, -0.05) is 35.3 Å². The zero-order chi connectivity index (χ0) is 22.8. The fourth-order valence-corrected chi connectivity index (χ4v) is 5.51. The van der Waals surface area contributed by atoms with Crippen molar-refractivity contribution in [3.8, 4) is 5.75 Å². The highest BCUT2D eigenvalue weighted by Gasteiger charge is 2.36. The number of nitrogens with zero attached hydrogens (tertiary/aromatic N) is 1. The molecule has 1 aliphatic rings. The summed E-state index contributed by atoms with van der Waals surface area (Å²) < 4.78 is 7.36.